The summed E-state index contributed by atoms with van der Waals surface area (Å²) in [5.41, 5.74) is 6.63. The first-order chi connectivity index (χ1) is 67.3. The van der Waals surface area contributed by atoms with Crippen LogP contribution in [-0.4, -0.2) is 25.0 Å². The van der Waals surface area contributed by atoms with Crippen LogP contribution in [-0.2, 0) is 16.2 Å². The van der Waals surface area contributed by atoms with Crippen molar-refractivity contribution in [1.82, 2.24) is 18.3 Å². The van der Waals surface area contributed by atoms with Gasteiger partial charge in [0.15, 0.2) is 0 Å². The van der Waals surface area contributed by atoms with Crippen molar-refractivity contribution in [2.24, 2.45) is 0 Å². The third-order valence-electron chi connectivity index (χ3n) is 24.5. The minimum atomic E-state index is -1.65. The molecule has 0 saturated heterocycles. The van der Waals surface area contributed by atoms with Crippen molar-refractivity contribution in [3.8, 4) is 67.3 Å². The van der Waals surface area contributed by atoms with Crippen LogP contribution in [0.15, 0.2) is 376 Å². The van der Waals surface area contributed by atoms with E-state index in [4.69, 9.17) is 0 Å². The van der Waals surface area contributed by atoms with Gasteiger partial charge in [0.25, 0.3) is 6.71 Å². The largest absolute Gasteiger partial charge is 0.310 e. The molecule has 6 heterocycles. The summed E-state index contributed by atoms with van der Waals surface area (Å²) in [4.78, 5) is 3.90. The molecule has 0 bridgehead atoms. The predicted octanol–water partition coefficient (Wildman–Crippen LogP) is 28.7. The summed E-state index contributed by atoms with van der Waals surface area (Å²) in [7, 11) is 0. The summed E-state index contributed by atoms with van der Waals surface area (Å²) in [5, 5.41) is 2.09. The molecule has 2 aliphatic rings. The van der Waals surface area contributed by atoms with Gasteiger partial charge in [0, 0.05) is 111 Å². The smallest absolute Gasteiger partial charge is 0.252 e. The van der Waals surface area contributed by atoms with Crippen LogP contribution in [0.1, 0.15) is 106 Å². The summed E-state index contributed by atoms with van der Waals surface area (Å²) in [5.74, 6) is 0. The lowest BCUT2D eigenvalue weighted by atomic mass is 9.33. The second kappa shape index (κ2) is 27.1. The lowest BCUT2D eigenvalue weighted by Gasteiger charge is -2.47. The van der Waals surface area contributed by atoms with Gasteiger partial charge >= 0.3 is 0 Å². The minimum absolute atomic E-state index is 0.0950. The van der Waals surface area contributed by atoms with E-state index in [-0.39, 0.29) is 77.3 Å². The molecule has 0 spiro atoms. The van der Waals surface area contributed by atoms with E-state index in [0.717, 1.165) is 32.7 Å². The number of fused-ring (bicyclic) bond motifs is 16. The zero-order valence-corrected chi connectivity index (χ0v) is 68.0. The molecule has 0 aliphatic carbocycles. The maximum Gasteiger partial charge on any atom is 0.252 e. The van der Waals surface area contributed by atoms with Gasteiger partial charge in [-0.25, -0.2) is 0 Å². The van der Waals surface area contributed by atoms with Gasteiger partial charge in [-0.15, -0.1) is 0 Å². The van der Waals surface area contributed by atoms with Crippen LogP contribution in [0.2, 0.25) is 0 Å². The molecule has 578 valence electrons. The van der Waals surface area contributed by atoms with Gasteiger partial charge in [-0.1, -0.05) is 305 Å². The van der Waals surface area contributed by atoms with Crippen molar-refractivity contribution in [1.29, 1.82) is 0 Å². The van der Waals surface area contributed by atoms with E-state index in [9.17, 15) is 27.4 Å². The topological polar surface area (TPSA) is 26.2 Å². The maximum atomic E-state index is 12.1. The van der Waals surface area contributed by atoms with Crippen molar-refractivity contribution >= 4 is 144 Å². The number of hydrogen-bond acceptors (Lipinski definition) is 2. The average Bonchev–Trinajstić information content (AvgIpc) is 1.59. The maximum absolute atomic E-state index is 12.1. The van der Waals surface area contributed by atoms with Crippen LogP contribution in [0.4, 0.5) is 34.1 Å². The first-order valence-corrected chi connectivity index (χ1v) is 41.1. The third-order valence-corrected chi connectivity index (χ3v) is 24.5. The highest BCUT2D eigenvalue weighted by atomic mass is 15.2. The monoisotopic (exact) mass is 1570 g/mol. The van der Waals surface area contributed by atoms with Crippen LogP contribution in [0.5, 0.6) is 0 Å². The molecular weight excluding hydrogens is 1460 g/mol. The summed E-state index contributed by atoms with van der Waals surface area (Å²) in [6.45, 7) is 17.3. The highest BCUT2D eigenvalue weighted by Gasteiger charge is 2.47. The predicted molar refractivity (Wildman–Crippen MR) is 516 cm³/mol. The normalized spacial score (nSPS) is 15.3. The molecule has 0 unspecified atom stereocenters. The fourth-order valence-corrected chi connectivity index (χ4v) is 18.6. The second-order valence-electron chi connectivity index (χ2n) is 34.8. The second-order valence-corrected chi connectivity index (χ2v) is 34.8. The van der Waals surface area contributed by atoms with E-state index in [1.54, 1.807) is 9.13 Å². The van der Waals surface area contributed by atoms with Crippen LogP contribution in [0, 0.1) is 0 Å². The van der Waals surface area contributed by atoms with E-state index < -0.39 is 155 Å². The van der Waals surface area contributed by atoms with E-state index in [0.29, 0.717) is 100 Å². The molecule has 7 heteroatoms. The van der Waals surface area contributed by atoms with E-state index in [1.807, 2.05) is 240 Å². The number of nitrogens with zero attached hydrogens (tertiary/aromatic N) is 6. The highest BCUT2D eigenvalue weighted by Crippen LogP contribution is 2.56. The standard InChI is InChI=1S/C114H89BN6/c1-112(2,3)76-62-89(72-34-14-10-15-35-72)110(90(63-76)73-36-16-11-17-37-73)120-105-70-81(118-101-52-32-26-46-87(101)93-68-79(56-60-103(93)118)116-97-48-28-22-42-83(97)84-43-23-29-49-98(84)116)54-58-95(105)115-96-59-55-82(119-102-53-33-27-47-88(102)94-69-80(57-61-104(94)119)117-99-50-30-24-44-85(99)86-45-25-31-51-100(86)117)71-106(96)121(108-67-78(114(7,8)9)66-107(120)109(108)115)111-91(74-38-18-12-19-39-74)64-77(113(4,5)6)65-92(111)75-40-20-13-21-41-75/h10-71H,1-9H3/i26D,27D,32D,33D,46D,47D,52D,53D,54D,55D,56D,57D,58D,59D,60D,61D,68D,69D,70D,71D. The van der Waals surface area contributed by atoms with Crippen molar-refractivity contribution in [3.05, 3.63) is 392 Å². The quantitative estimate of drug-likeness (QED) is 0.128. The molecule has 121 heavy (non-hydrogen) atoms. The van der Waals surface area contributed by atoms with Crippen molar-refractivity contribution in [3.63, 3.8) is 0 Å². The molecule has 0 atom stereocenters. The van der Waals surface area contributed by atoms with Gasteiger partial charge in [0.1, 0.15) is 0 Å². The number of aromatic nitrogens is 4. The molecular formula is C114H89BN6. The molecule has 0 amide bonds. The number of anilines is 6. The fraction of sp³-hybridized carbons (Fsp3) is 0.105. The average molecular weight is 1570 g/mol. The Morgan fingerprint density at radius 1 is 0.240 bits per heavy atom. The Bertz CT molecular complexity index is 8380. The molecule has 21 aromatic rings. The van der Waals surface area contributed by atoms with E-state index in [2.05, 4.69) is 86.6 Å². The van der Waals surface area contributed by atoms with E-state index in [1.165, 1.54) is 9.13 Å². The number of rotatable bonds is 10. The van der Waals surface area contributed by atoms with Crippen molar-refractivity contribution in [2.75, 3.05) is 9.80 Å². The Kier molecular flexibility index (Phi) is 12.0. The van der Waals surface area contributed by atoms with Gasteiger partial charge < -0.3 is 28.1 Å². The molecule has 17 aromatic carbocycles. The third kappa shape index (κ3) is 11.2. The Hall–Kier alpha value is -14.4. The summed E-state index contributed by atoms with van der Waals surface area (Å²) < 4.78 is 220. The Balaban J connectivity index is 0.946. The van der Waals surface area contributed by atoms with Crippen LogP contribution < -0.4 is 26.2 Å². The zero-order chi connectivity index (χ0) is 98.9. The van der Waals surface area contributed by atoms with Crippen LogP contribution in [0.3, 0.4) is 0 Å². The molecule has 6 nitrogen and oxygen atoms in total. The van der Waals surface area contributed by atoms with Gasteiger partial charge in [0.05, 0.1) is 82.9 Å². The molecule has 0 radical (unpaired) electrons. The van der Waals surface area contributed by atoms with Gasteiger partial charge in [-0.2, -0.15) is 0 Å². The number of benzene rings is 17. The van der Waals surface area contributed by atoms with Crippen LogP contribution >= 0.6 is 0 Å². The molecule has 4 aromatic heterocycles. The Labute approximate surface area is 734 Å². The van der Waals surface area contributed by atoms with Crippen LogP contribution in [0.25, 0.3) is 154 Å². The first-order valence-electron chi connectivity index (χ1n) is 51.1. The Morgan fingerprint density at radius 2 is 0.512 bits per heavy atom. The molecule has 0 N–H and O–H groups in total. The summed E-state index contributed by atoms with van der Waals surface area (Å²) >= 11 is 0. The van der Waals surface area contributed by atoms with Crippen molar-refractivity contribution < 1.29 is 27.4 Å². The number of hydrogen-bond donors (Lipinski definition) is 0. The summed E-state index contributed by atoms with van der Waals surface area (Å²) in [6.07, 6.45) is 0. The van der Waals surface area contributed by atoms with Gasteiger partial charge in [0.2, 0.25) is 0 Å². The lowest BCUT2D eigenvalue weighted by molar-refractivity contribution is 0.590. The Morgan fingerprint density at radius 3 is 0.843 bits per heavy atom. The minimum Gasteiger partial charge on any atom is -0.310 e. The fourth-order valence-electron chi connectivity index (χ4n) is 18.6. The molecule has 2 aliphatic heterocycles. The highest BCUT2D eigenvalue weighted by molar-refractivity contribution is 7.00. The lowest BCUT2D eigenvalue weighted by Crippen LogP contribution is -2.61. The number of para-hydroxylation sites is 6. The SMILES string of the molecule is [2H]c1c([2H])c(-n2c3c([2H])c([2H])c([2H])c([2H])c3c3c([2H])c(-n4c5ccccc5c5ccccc54)c([2H])c([2H])c32)c([2H])c2c1B1c3c(cc(C(C)(C)C)cc3N(c3c(-c4ccccc4)cc(C(C)(C)C)cc3-c3ccccc3)c3c([2H])c(-n4c5c([2H])c([2H])c([2H])c([2H])c5c5c([2H])c(-n6c7ccccc7c7ccccc76)c([2H])c([2H])c54)c([2H])c([2H])c31)N2c1c(-c2ccccc2)cc(C(C)(C)C)cc1-c1ccccc1. The van der Waals surface area contributed by atoms with Gasteiger partial charge in [-0.3, -0.25) is 0 Å². The van der Waals surface area contributed by atoms with Crippen molar-refractivity contribution in [2.45, 2.75) is 78.6 Å². The molecule has 0 saturated carbocycles. The zero-order valence-electron chi connectivity index (χ0n) is 88.0. The van der Waals surface area contributed by atoms with E-state index >= 15 is 0 Å². The summed E-state index contributed by atoms with van der Waals surface area (Å²) in [6, 6.07) is 69.0. The molecule has 23 rings (SSSR count). The first kappa shape index (κ1) is 53.8. The molecule has 0 fully saturated rings. The van der Waals surface area contributed by atoms with Gasteiger partial charge in [-0.05, 0) is 205 Å².